The summed E-state index contributed by atoms with van der Waals surface area (Å²) in [5.74, 6) is 0.0927. The molecule has 3 rings (SSSR count). The molecule has 0 saturated heterocycles. The van der Waals surface area contributed by atoms with E-state index < -0.39 is 5.41 Å². The Labute approximate surface area is 120 Å². The molecule has 3 N–H and O–H groups in total. The van der Waals surface area contributed by atoms with E-state index in [1.807, 2.05) is 13.8 Å². The van der Waals surface area contributed by atoms with E-state index in [1.54, 1.807) is 0 Å². The van der Waals surface area contributed by atoms with E-state index in [0.717, 1.165) is 11.3 Å². The molecule has 1 aliphatic carbocycles. The Morgan fingerprint density at radius 3 is 2.55 bits per heavy atom. The normalized spacial score (nSPS) is 23.2. The molecule has 0 spiro atoms. The van der Waals surface area contributed by atoms with E-state index in [9.17, 15) is 4.79 Å². The summed E-state index contributed by atoms with van der Waals surface area (Å²) in [7, 11) is 0. The predicted molar refractivity (Wildman–Crippen MR) is 81.9 cm³/mol. The molecule has 0 bridgehead atoms. The molecule has 1 amide bonds. The fourth-order valence-corrected chi connectivity index (χ4v) is 3.74. The van der Waals surface area contributed by atoms with E-state index in [1.165, 1.54) is 37.7 Å². The SMILES string of the molecule is CC1(C)C(=O)Nc2ccc(C3(CN)CCCCC3)cc21. The van der Waals surface area contributed by atoms with Gasteiger partial charge in [0.2, 0.25) is 5.91 Å². The van der Waals surface area contributed by atoms with Gasteiger partial charge in [0.25, 0.3) is 0 Å². The Bertz CT molecular complexity index is 542. The molecule has 1 saturated carbocycles. The third-order valence-electron chi connectivity index (χ3n) is 5.32. The molecule has 3 heteroatoms. The number of rotatable bonds is 2. The number of amides is 1. The predicted octanol–water partition coefficient (Wildman–Crippen LogP) is 3.08. The monoisotopic (exact) mass is 272 g/mol. The number of fused-ring (bicyclic) bond motifs is 1. The summed E-state index contributed by atoms with van der Waals surface area (Å²) in [6.07, 6.45) is 6.18. The molecule has 0 unspecified atom stereocenters. The quantitative estimate of drug-likeness (QED) is 0.869. The second-order valence-corrected chi connectivity index (χ2v) is 6.88. The number of benzene rings is 1. The molecular formula is C17H24N2O. The van der Waals surface area contributed by atoms with Gasteiger partial charge in [-0.15, -0.1) is 0 Å². The van der Waals surface area contributed by atoms with E-state index in [0.29, 0.717) is 6.54 Å². The molecule has 1 aromatic carbocycles. The highest BCUT2D eigenvalue weighted by Gasteiger charge is 2.40. The molecule has 0 atom stereocenters. The Kier molecular flexibility index (Phi) is 3.13. The number of carbonyl (C=O) groups is 1. The number of hydrogen-bond donors (Lipinski definition) is 2. The Balaban J connectivity index is 2.05. The molecule has 1 heterocycles. The average molecular weight is 272 g/mol. The summed E-state index contributed by atoms with van der Waals surface area (Å²) in [6.45, 7) is 4.69. The largest absolute Gasteiger partial charge is 0.330 e. The van der Waals surface area contributed by atoms with Crippen molar-refractivity contribution in [2.24, 2.45) is 5.73 Å². The maximum absolute atomic E-state index is 12.1. The number of hydrogen-bond acceptors (Lipinski definition) is 2. The van der Waals surface area contributed by atoms with Gasteiger partial charge >= 0.3 is 0 Å². The zero-order chi connectivity index (χ0) is 14.4. The number of carbonyl (C=O) groups excluding carboxylic acids is 1. The van der Waals surface area contributed by atoms with Crippen LogP contribution in [0.5, 0.6) is 0 Å². The molecule has 2 aliphatic rings. The van der Waals surface area contributed by atoms with Crippen LogP contribution in [0.2, 0.25) is 0 Å². The van der Waals surface area contributed by atoms with Crippen molar-refractivity contribution >= 4 is 11.6 Å². The Hall–Kier alpha value is -1.35. The van der Waals surface area contributed by atoms with E-state index >= 15 is 0 Å². The van der Waals surface area contributed by atoms with Gasteiger partial charge in [0.15, 0.2) is 0 Å². The van der Waals surface area contributed by atoms with Crippen molar-refractivity contribution in [3.05, 3.63) is 29.3 Å². The van der Waals surface area contributed by atoms with Gasteiger partial charge in [-0.1, -0.05) is 31.4 Å². The van der Waals surface area contributed by atoms with E-state index in [-0.39, 0.29) is 11.3 Å². The highest BCUT2D eigenvalue weighted by Crippen LogP contribution is 2.43. The third kappa shape index (κ3) is 1.87. The fourth-order valence-electron chi connectivity index (χ4n) is 3.74. The van der Waals surface area contributed by atoms with Gasteiger partial charge < -0.3 is 11.1 Å². The van der Waals surface area contributed by atoms with Gasteiger partial charge in [0, 0.05) is 17.6 Å². The van der Waals surface area contributed by atoms with Crippen LogP contribution in [0.15, 0.2) is 18.2 Å². The van der Waals surface area contributed by atoms with Gasteiger partial charge in [-0.3, -0.25) is 4.79 Å². The topological polar surface area (TPSA) is 55.1 Å². The molecule has 3 nitrogen and oxygen atoms in total. The van der Waals surface area contributed by atoms with Crippen molar-refractivity contribution in [2.75, 3.05) is 11.9 Å². The lowest BCUT2D eigenvalue weighted by molar-refractivity contribution is -0.119. The lowest BCUT2D eigenvalue weighted by Gasteiger charge is -2.37. The zero-order valence-corrected chi connectivity index (χ0v) is 12.5. The van der Waals surface area contributed by atoms with E-state index in [4.69, 9.17) is 5.73 Å². The Morgan fingerprint density at radius 1 is 1.20 bits per heavy atom. The van der Waals surface area contributed by atoms with Crippen LogP contribution in [0.3, 0.4) is 0 Å². The molecule has 1 aromatic rings. The van der Waals surface area contributed by atoms with Crippen LogP contribution in [0.4, 0.5) is 5.69 Å². The summed E-state index contributed by atoms with van der Waals surface area (Å²) < 4.78 is 0. The second kappa shape index (κ2) is 4.59. The molecule has 1 fully saturated rings. The van der Waals surface area contributed by atoms with Crippen LogP contribution in [0.25, 0.3) is 0 Å². The fraction of sp³-hybridized carbons (Fsp3) is 0.588. The van der Waals surface area contributed by atoms with Crippen LogP contribution in [-0.2, 0) is 15.6 Å². The van der Waals surface area contributed by atoms with Crippen LogP contribution >= 0.6 is 0 Å². The van der Waals surface area contributed by atoms with Crippen molar-refractivity contribution in [3.63, 3.8) is 0 Å². The van der Waals surface area contributed by atoms with Gasteiger partial charge in [0.1, 0.15) is 0 Å². The summed E-state index contributed by atoms with van der Waals surface area (Å²) in [4.78, 5) is 12.1. The van der Waals surface area contributed by atoms with Gasteiger partial charge in [-0.2, -0.15) is 0 Å². The second-order valence-electron chi connectivity index (χ2n) is 6.88. The van der Waals surface area contributed by atoms with Gasteiger partial charge in [-0.05, 0) is 43.9 Å². The lowest BCUT2D eigenvalue weighted by atomic mass is 9.68. The van der Waals surface area contributed by atoms with Crippen molar-refractivity contribution in [2.45, 2.75) is 56.8 Å². The smallest absolute Gasteiger partial charge is 0.234 e. The summed E-state index contributed by atoms with van der Waals surface area (Å²) in [6, 6.07) is 6.45. The minimum atomic E-state index is -0.435. The zero-order valence-electron chi connectivity index (χ0n) is 12.5. The molecule has 1 aliphatic heterocycles. The van der Waals surface area contributed by atoms with Crippen molar-refractivity contribution in [1.29, 1.82) is 0 Å². The highest BCUT2D eigenvalue weighted by atomic mass is 16.2. The number of nitrogens with two attached hydrogens (primary N) is 1. The van der Waals surface area contributed by atoms with Gasteiger partial charge in [-0.25, -0.2) is 0 Å². The molecular weight excluding hydrogens is 248 g/mol. The van der Waals surface area contributed by atoms with E-state index in [2.05, 4.69) is 23.5 Å². The molecule has 108 valence electrons. The minimum absolute atomic E-state index is 0.0927. The lowest BCUT2D eigenvalue weighted by Crippen LogP contribution is -2.37. The maximum Gasteiger partial charge on any atom is 0.234 e. The van der Waals surface area contributed by atoms with Gasteiger partial charge in [0.05, 0.1) is 5.41 Å². The first kappa shape index (κ1) is 13.6. The number of nitrogens with one attached hydrogen (secondary N) is 1. The summed E-state index contributed by atoms with van der Waals surface area (Å²) >= 11 is 0. The van der Waals surface area contributed by atoms with Crippen LogP contribution in [0.1, 0.15) is 57.1 Å². The first-order valence-corrected chi connectivity index (χ1v) is 7.66. The summed E-state index contributed by atoms with van der Waals surface area (Å²) in [5.41, 5.74) is 9.22. The first-order valence-electron chi connectivity index (χ1n) is 7.66. The molecule has 20 heavy (non-hydrogen) atoms. The summed E-state index contributed by atoms with van der Waals surface area (Å²) in [5, 5.41) is 2.98. The Morgan fingerprint density at radius 2 is 1.90 bits per heavy atom. The maximum atomic E-state index is 12.1. The molecule has 0 aromatic heterocycles. The van der Waals surface area contributed by atoms with Crippen molar-refractivity contribution in [3.8, 4) is 0 Å². The minimum Gasteiger partial charge on any atom is -0.330 e. The third-order valence-corrected chi connectivity index (χ3v) is 5.32. The highest BCUT2D eigenvalue weighted by molar-refractivity contribution is 6.05. The van der Waals surface area contributed by atoms with Crippen LogP contribution in [-0.4, -0.2) is 12.5 Å². The van der Waals surface area contributed by atoms with Crippen molar-refractivity contribution in [1.82, 2.24) is 0 Å². The standard InChI is InChI=1S/C17H24N2O/c1-16(2)13-10-12(6-7-14(13)19-15(16)20)17(11-18)8-4-3-5-9-17/h6-7,10H,3-5,8-9,11,18H2,1-2H3,(H,19,20). The first-order chi connectivity index (χ1) is 9.49. The van der Waals surface area contributed by atoms with Crippen LogP contribution in [0, 0.1) is 0 Å². The van der Waals surface area contributed by atoms with Crippen molar-refractivity contribution < 1.29 is 4.79 Å². The average Bonchev–Trinajstić information content (AvgIpc) is 2.70. The molecule has 0 radical (unpaired) electrons. The number of anilines is 1. The van der Waals surface area contributed by atoms with Crippen LogP contribution < -0.4 is 11.1 Å².